The molecule has 2 fully saturated rings. The smallest absolute Gasteiger partial charge is 0.262 e. The first-order valence-electron chi connectivity index (χ1n) is 13.2. The van der Waals surface area contributed by atoms with Gasteiger partial charge in [0.1, 0.15) is 12.4 Å². The number of halogens is 1. The van der Waals surface area contributed by atoms with Gasteiger partial charge in [0, 0.05) is 35.8 Å². The van der Waals surface area contributed by atoms with E-state index in [1.54, 1.807) is 12.1 Å². The summed E-state index contributed by atoms with van der Waals surface area (Å²) >= 11 is 6.24. The van der Waals surface area contributed by atoms with Crippen molar-refractivity contribution in [1.82, 2.24) is 19.8 Å². The highest BCUT2D eigenvalue weighted by Crippen LogP contribution is 2.42. The van der Waals surface area contributed by atoms with Gasteiger partial charge in [-0.25, -0.2) is 4.98 Å². The quantitative estimate of drug-likeness (QED) is 0.496. The van der Waals surface area contributed by atoms with Gasteiger partial charge >= 0.3 is 0 Å². The molecule has 0 unspecified atom stereocenters. The van der Waals surface area contributed by atoms with Crippen molar-refractivity contribution >= 4 is 28.4 Å². The van der Waals surface area contributed by atoms with E-state index >= 15 is 0 Å². The lowest BCUT2D eigenvalue weighted by Crippen LogP contribution is -2.47. The Hall–Kier alpha value is -2.74. The first-order valence-corrected chi connectivity index (χ1v) is 13.6. The maximum atomic E-state index is 13.8. The van der Waals surface area contributed by atoms with Crippen LogP contribution in [0.25, 0.3) is 22.3 Å². The van der Waals surface area contributed by atoms with Crippen molar-refractivity contribution in [3.8, 4) is 11.4 Å². The van der Waals surface area contributed by atoms with Crippen molar-refractivity contribution in [2.45, 2.75) is 58.2 Å². The van der Waals surface area contributed by atoms with Crippen LogP contribution >= 0.6 is 11.6 Å². The minimum Gasteiger partial charge on any atom is -0.379 e. The lowest BCUT2D eigenvalue weighted by Gasteiger charge is -2.42. The van der Waals surface area contributed by atoms with Gasteiger partial charge in [-0.05, 0) is 75.3 Å². The molecule has 7 nitrogen and oxygen atoms in total. The second-order valence-corrected chi connectivity index (χ2v) is 11.2. The number of ether oxygens (including phenoxy) is 1. The minimum absolute atomic E-state index is 0.0233. The number of nitrogens with zero attached hydrogens (tertiary/aromatic N) is 3. The predicted octanol–water partition coefficient (Wildman–Crippen LogP) is 4.46. The normalized spacial score (nSPS) is 22.2. The fraction of sp³-hybridized carbons (Fsp3) is 0.483. The van der Waals surface area contributed by atoms with Gasteiger partial charge in [0.25, 0.3) is 5.56 Å². The molecule has 1 aromatic heterocycles. The summed E-state index contributed by atoms with van der Waals surface area (Å²) in [7, 11) is 0. The van der Waals surface area contributed by atoms with Crippen molar-refractivity contribution < 1.29 is 9.53 Å². The third-order valence-electron chi connectivity index (χ3n) is 7.52. The van der Waals surface area contributed by atoms with Gasteiger partial charge in [-0.2, -0.15) is 0 Å². The van der Waals surface area contributed by atoms with Crippen LogP contribution in [0.2, 0.25) is 5.02 Å². The van der Waals surface area contributed by atoms with E-state index in [0.29, 0.717) is 45.2 Å². The molecule has 3 aromatic rings. The Morgan fingerprint density at radius 2 is 2.03 bits per heavy atom. The Morgan fingerprint density at radius 1 is 1.22 bits per heavy atom. The third kappa shape index (κ3) is 5.74. The van der Waals surface area contributed by atoms with Crippen LogP contribution in [0.1, 0.15) is 45.1 Å². The van der Waals surface area contributed by atoms with Crippen LogP contribution in [0.3, 0.4) is 0 Å². The number of morpholine rings is 1. The number of fused-ring (bicyclic) bond motifs is 1. The van der Waals surface area contributed by atoms with Crippen molar-refractivity contribution in [3.05, 3.63) is 63.4 Å². The number of nitrogens with one attached hydrogen (secondary N) is 1. The zero-order valence-electron chi connectivity index (χ0n) is 21.7. The number of aromatic nitrogens is 2. The number of hydrogen-bond donors (Lipinski definition) is 1. The number of carbonyl (C=O) groups is 1. The van der Waals surface area contributed by atoms with Crippen LogP contribution in [-0.2, 0) is 16.1 Å². The molecule has 196 valence electrons. The molecule has 1 amide bonds. The van der Waals surface area contributed by atoms with Crippen molar-refractivity contribution in [3.63, 3.8) is 0 Å². The summed E-state index contributed by atoms with van der Waals surface area (Å²) < 4.78 is 7.04. The molecule has 1 N–H and O–H groups in total. The highest BCUT2D eigenvalue weighted by atomic mass is 35.5. The Bertz CT molecular complexity index is 1350. The molecule has 0 spiro atoms. The standard InChI is InChI=1S/C29H35ClN4O3/c1-18(2)31-27(35)16-34-28(22-5-4-6-24(30)13-22)32-26-8-7-21(14-25(26)29(34)36)23-11-20(12-23)15-33-9-10-37-17-19(33)3/h4-8,13-14,18-20,23H,9-12,15-17H2,1-3H3,(H,31,35)/t19-,20-,23+/m1/s1. The van der Waals surface area contributed by atoms with Gasteiger partial charge < -0.3 is 10.1 Å². The molecule has 8 heteroatoms. The molecule has 5 rings (SSSR count). The Kier molecular flexibility index (Phi) is 7.65. The van der Waals surface area contributed by atoms with E-state index < -0.39 is 0 Å². The van der Waals surface area contributed by atoms with E-state index in [2.05, 4.69) is 23.2 Å². The highest BCUT2D eigenvalue weighted by Gasteiger charge is 2.33. The summed E-state index contributed by atoms with van der Waals surface area (Å²) in [5.74, 6) is 1.32. The first kappa shape index (κ1) is 25.9. The first-order chi connectivity index (χ1) is 17.8. The maximum absolute atomic E-state index is 13.8. The molecule has 1 aliphatic carbocycles. The molecule has 2 aliphatic rings. The van der Waals surface area contributed by atoms with E-state index in [9.17, 15) is 9.59 Å². The minimum atomic E-state index is -0.225. The van der Waals surface area contributed by atoms with Gasteiger partial charge in [-0.3, -0.25) is 19.1 Å². The monoisotopic (exact) mass is 522 g/mol. The lowest BCUT2D eigenvalue weighted by atomic mass is 9.71. The number of amides is 1. The Morgan fingerprint density at radius 3 is 2.76 bits per heavy atom. The largest absolute Gasteiger partial charge is 0.379 e. The number of benzene rings is 2. The average Bonchev–Trinajstić information content (AvgIpc) is 2.83. The Labute approximate surface area is 222 Å². The lowest BCUT2D eigenvalue weighted by molar-refractivity contribution is -0.122. The summed E-state index contributed by atoms with van der Waals surface area (Å²) in [5.41, 5.74) is 2.29. The van der Waals surface area contributed by atoms with Crippen LogP contribution in [0.4, 0.5) is 0 Å². The number of carbonyl (C=O) groups excluding carboxylic acids is 1. The van der Waals surface area contributed by atoms with Gasteiger partial charge in [-0.1, -0.05) is 29.8 Å². The van der Waals surface area contributed by atoms with Gasteiger partial charge in [-0.15, -0.1) is 0 Å². The zero-order valence-corrected chi connectivity index (χ0v) is 22.5. The van der Waals surface area contributed by atoms with Crippen molar-refractivity contribution in [2.24, 2.45) is 5.92 Å². The van der Waals surface area contributed by atoms with Gasteiger partial charge in [0.05, 0.1) is 24.1 Å². The summed E-state index contributed by atoms with van der Waals surface area (Å²) in [5, 5.41) is 3.98. The topological polar surface area (TPSA) is 76.5 Å². The molecule has 37 heavy (non-hydrogen) atoms. The molecular formula is C29H35ClN4O3. The summed E-state index contributed by atoms with van der Waals surface area (Å²) in [6, 6.07) is 13.7. The second kappa shape index (κ2) is 10.9. The van der Waals surface area contributed by atoms with Crippen LogP contribution in [0.15, 0.2) is 47.3 Å². The van der Waals surface area contributed by atoms with Crippen molar-refractivity contribution in [2.75, 3.05) is 26.3 Å². The van der Waals surface area contributed by atoms with E-state index in [1.165, 1.54) is 10.1 Å². The summed E-state index contributed by atoms with van der Waals surface area (Å²) in [6.45, 7) is 9.66. The average molecular weight is 523 g/mol. The molecule has 1 aliphatic heterocycles. The van der Waals surface area contributed by atoms with Crippen LogP contribution < -0.4 is 10.9 Å². The van der Waals surface area contributed by atoms with Crippen LogP contribution in [0.5, 0.6) is 0 Å². The molecule has 0 bridgehead atoms. The molecular weight excluding hydrogens is 488 g/mol. The van der Waals surface area contributed by atoms with Crippen LogP contribution in [0, 0.1) is 5.92 Å². The maximum Gasteiger partial charge on any atom is 0.262 e. The summed E-state index contributed by atoms with van der Waals surface area (Å²) in [6.07, 6.45) is 2.24. The Balaban J connectivity index is 1.43. The number of hydrogen-bond acceptors (Lipinski definition) is 5. The highest BCUT2D eigenvalue weighted by molar-refractivity contribution is 6.30. The summed E-state index contributed by atoms with van der Waals surface area (Å²) in [4.78, 5) is 33.8. The predicted molar refractivity (Wildman–Crippen MR) is 147 cm³/mol. The second-order valence-electron chi connectivity index (χ2n) is 10.8. The van der Waals surface area contributed by atoms with E-state index in [0.717, 1.165) is 39.1 Å². The third-order valence-corrected chi connectivity index (χ3v) is 7.75. The fourth-order valence-electron chi connectivity index (χ4n) is 5.52. The molecule has 2 aromatic carbocycles. The fourth-order valence-corrected chi connectivity index (χ4v) is 5.71. The molecule has 1 atom stereocenters. The van der Waals surface area contributed by atoms with Gasteiger partial charge in [0.2, 0.25) is 5.91 Å². The van der Waals surface area contributed by atoms with E-state index in [-0.39, 0.29) is 24.1 Å². The number of rotatable bonds is 7. The molecule has 1 saturated heterocycles. The van der Waals surface area contributed by atoms with E-state index in [4.69, 9.17) is 21.3 Å². The van der Waals surface area contributed by atoms with E-state index in [1.807, 2.05) is 38.1 Å². The zero-order chi connectivity index (χ0) is 26.1. The van der Waals surface area contributed by atoms with Crippen molar-refractivity contribution in [1.29, 1.82) is 0 Å². The molecule has 2 heterocycles. The molecule has 1 saturated carbocycles. The molecule has 0 radical (unpaired) electrons. The van der Waals surface area contributed by atoms with Gasteiger partial charge in [0.15, 0.2) is 0 Å². The SMILES string of the molecule is CC(C)NC(=O)Cn1c(-c2cccc(Cl)c2)nc2ccc([C@H]3C[C@@H](CN4CCOC[C@H]4C)C3)cc2c1=O. The van der Waals surface area contributed by atoms with Crippen LogP contribution in [-0.4, -0.2) is 58.7 Å².